The molecule has 0 saturated heterocycles. The molecule has 0 aliphatic carbocycles. The minimum atomic E-state index is -0.969. The molecule has 0 radical (unpaired) electrons. The Morgan fingerprint density at radius 3 is 1.78 bits per heavy atom. The first kappa shape index (κ1) is 21.2. The van der Waals surface area contributed by atoms with Crippen LogP contribution in [0.4, 0.5) is 11.9 Å². The van der Waals surface area contributed by atoms with Crippen LogP contribution in [0.5, 0.6) is 0 Å². The summed E-state index contributed by atoms with van der Waals surface area (Å²) >= 11 is 0. The van der Waals surface area contributed by atoms with E-state index in [-0.39, 0.29) is 5.56 Å². The van der Waals surface area contributed by atoms with E-state index in [0.717, 1.165) is 48.4 Å². The van der Waals surface area contributed by atoms with Crippen LogP contribution >= 0.6 is 0 Å². The number of primary amides is 1. The van der Waals surface area contributed by atoms with E-state index < -0.39 is 11.9 Å². The number of amides is 1. The molecule has 10 heteroatoms. The van der Waals surface area contributed by atoms with Crippen LogP contribution in [0.1, 0.15) is 33.6 Å². The number of carboxylic acid groups (broad SMARTS) is 1. The molecule has 0 spiro atoms. The predicted octanol–water partition coefficient (Wildman–Crippen LogP) is 2.75. The summed E-state index contributed by atoms with van der Waals surface area (Å²) in [4.78, 5) is 31.8. The zero-order valence-electron chi connectivity index (χ0n) is 17.9. The number of benzene rings is 2. The molecular formula is C22H25N7O3. The topological polar surface area (TPSA) is 140 Å². The first-order valence-electron chi connectivity index (χ1n) is 10.3. The molecule has 4 rings (SSSR count). The Bertz CT molecular complexity index is 1220. The van der Waals surface area contributed by atoms with E-state index >= 15 is 0 Å². The zero-order valence-corrected chi connectivity index (χ0v) is 17.9. The van der Waals surface area contributed by atoms with Crippen molar-refractivity contribution >= 4 is 45.8 Å². The maximum atomic E-state index is 11.5. The molecule has 1 amide bonds. The van der Waals surface area contributed by atoms with E-state index in [1.165, 1.54) is 0 Å². The largest absolute Gasteiger partial charge is 0.478 e. The van der Waals surface area contributed by atoms with E-state index in [9.17, 15) is 14.7 Å². The van der Waals surface area contributed by atoms with E-state index in [4.69, 9.17) is 5.73 Å². The Kier molecular flexibility index (Phi) is 5.67. The number of fused-ring (bicyclic) bond motifs is 2. The van der Waals surface area contributed by atoms with Gasteiger partial charge in [0, 0.05) is 32.7 Å². The molecule has 0 saturated carbocycles. The number of aromatic carboxylic acids is 1. The number of carbonyl (C=O) groups is 2. The van der Waals surface area contributed by atoms with Gasteiger partial charge in [-0.3, -0.25) is 4.79 Å². The van der Waals surface area contributed by atoms with Crippen molar-refractivity contribution in [1.82, 2.24) is 19.1 Å². The van der Waals surface area contributed by atoms with Gasteiger partial charge in [0.25, 0.3) is 0 Å². The zero-order chi connectivity index (χ0) is 22.8. The summed E-state index contributed by atoms with van der Waals surface area (Å²) in [6.45, 7) is 1.47. The minimum Gasteiger partial charge on any atom is -0.478 e. The second-order valence-corrected chi connectivity index (χ2v) is 7.46. The number of hydrogen-bond acceptors (Lipinski definition) is 6. The lowest BCUT2D eigenvalue weighted by molar-refractivity contribution is 0.0696. The summed E-state index contributed by atoms with van der Waals surface area (Å²) in [5, 5.41) is 15.4. The molecule has 166 valence electrons. The smallest absolute Gasteiger partial charge is 0.335 e. The molecule has 4 aromatic rings. The summed E-state index contributed by atoms with van der Waals surface area (Å²) < 4.78 is 4.15. The molecule has 10 nitrogen and oxygen atoms in total. The first-order valence-corrected chi connectivity index (χ1v) is 10.3. The lowest BCUT2D eigenvalue weighted by Gasteiger charge is -2.11. The van der Waals surface area contributed by atoms with Gasteiger partial charge in [0.15, 0.2) is 0 Å². The van der Waals surface area contributed by atoms with Gasteiger partial charge < -0.3 is 30.6 Å². The van der Waals surface area contributed by atoms with Crippen molar-refractivity contribution in [2.75, 3.05) is 24.7 Å². The fourth-order valence-corrected chi connectivity index (χ4v) is 3.92. The van der Waals surface area contributed by atoms with Crippen LogP contribution in [-0.2, 0) is 13.1 Å². The van der Waals surface area contributed by atoms with Gasteiger partial charge in [0.1, 0.15) is 0 Å². The van der Waals surface area contributed by atoms with Gasteiger partial charge in [-0.15, -0.1) is 0 Å². The van der Waals surface area contributed by atoms with Crippen LogP contribution in [-0.4, -0.2) is 50.2 Å². The first-order chi connectivity index (χ1) is 15.4. The van der Waals surface area contributed by atoms with Gasteiger partial charge in [-0.2, -0.15) is 0 Å². The molecule has 0 aliphatic rings. The highest BCUT2D eigenvalue weighted by Crippen LogP contribution is 2.24. The quantitative estimate of drug-likeness (QED) is 0.296. The van der Waals surface area contributed by atoms with E-state index in [0.29, 0.717) is 17.0 Å². The molecule has 0 fully saturated rings. The normalized spacial score (nSPS) is 11.2. The van der Waals surface area contributed by atoms with Gasteiger partial charge >= 0.3 is 5.97 Å². The third-order valence-corrected chi connectivity index (χ3v) is 5.49. The molecular weight excluding hydrogens is 410 g/mol. The van der Waals surface area contributed by atoms with E-state index in [1.807, 2.05) is 13.1 Å². The average molecular weight is 435 g/mol. The molecule has 2 aromatic heterocycles. The molecule has 0 bridgehead atoms. The molecule has 0 atom stereocenters. The van der Waals surface area contributed by atoms with E-state index in [2.05, 4.69) is 29.7 Å². The lowest BCUT2D eigenvalue weighted by atomic mass is 10.2. The molecule has 0 unspecified atom stereocenters. The standard InChI is InChI=1S/C22H25N7O3/c1-24-21-26-15-11-13(19(23)30)5-7-17(15)28(21)9-3-4-10-29-18-8-6-14(20(31)32)12-16(18)27-22(29)25-2/h5-8,11-12H,3-4,9-10H2,1-2H3,(H2,23,30)(H,24,26)(H,25,27)(H,31,32). The number of nitrogens with zero attached hydrogens (tertiary/aromatic N) is 4. The number of carbonyl (C=O) groups excluding carboxylic acids is 1. The Balaban J connectivity index is 1.51. The molecule has 32 heavy (non-hydrogen) atoms. The second kappa shape index (κ2) is 8.58. The monoisotopic (exact) mass is 435 g/mol. The number of hydrogen-bond donors (Lipinski definition) is 4. The Hall–Kier alpha value is -4.08. The van der Waals surface area contributed by atoms with Gasteiger partial charge in [-0.1, -0.05) is 0 Å². The highest BCUT2D eigenvalue weighted by molar-refractivity contribution is 5.96. The molecule has 5 N–H and O–H groups in total. The van der Waals surface area contributed by atoms with Crippen molar-refractivity contribution in [1.29, 1.82) is 0 Å². The van der Waals surface area contributed by atoms with Crippen LogP contribution < -0.4 is 16.4 Å². The number of unbranched alkanes of at least 4 members (excludes halogenated alkanes) is 1. The van der Waals surface area contributed by atoms with Crippen molar-refractivity contribution in [3.8, 4) is 0 Å². The van der Waals surface area contributed by atoms with Gasteiger partial charge in [-0.25, -0.2) is 14.8 Å². The Morgan fingerprint density at radius 1 is 0.875 bits per heavy atom. The maximum absolute atomic E-state index is 11.5. The predicted molar refractivity (Wildman–Crippen MR) is 123 cm³/mol. The Labute approximate surface area is 184 Å². The molecule has 0 aliphatic heterocycles. The number of nitrogens with one attached hydrogen (secondary N) is 2. The summed E-state index contributed by atoms with van der Waals surface area (Å²) in [6, 6.07) is 10.3. The summed E-state index contributed by atoms with van der Waals surface area (Å²) in [6.07, 6.45) is 1.76. The third kappa shape index (κ3) is 3.82. The number of rotatable bonds is 9. The summed E-state index contributed by atoms with van der Waals surface area (Å²) in [5.41, 5.74) is 9.23. The van der Waals surface area contributed by atoms with E-state index in [1.54, 1.807) is 37.4 Å². The molecule has 2 aromatic carbocycles. The van der Waals surface area contributed by atoms with Crippen molar-refractivity contribution in [3.63, 3.8) is 0 Å². The third-order valence-electron chi connectivity index (χ3n) is 5.49. The van der Waals surface area contributed by atoms with Crippen LogP contribution in [0.25, 0.3) is 22.1 Å². The van der Waals surface area contributed by atoms with Crippen molar-refractivity contribution in [2.24, 2.45) is 5.73 Å². The fourth-order valence-electron chi connectivity index (χ4n) is 3.92. The highest BCUT2D eigenvalue weighted by atomic mass is 16.4. The fraction of sp³-hybridized carbons (Fsp3) is 0.273. The molecule has 2 heterocycles. The number of imidazole rings is 2. The number of nitrogens with two attached hydrogens (primary N) is 1. The van der Waals surface area contributed by atoms with Crippen LogP contribution in [0.15, 0.2) is 36.4 Å². The van der Waals surface area contributed by atoms with Crippen LogP contribution in [0.2, 0.25) is 0 Å². The second-order valence-electron chi connectivity index (χ2n) is 7.46. The average Bonchev–Trinajstić information content (AvgIpc) is 3.32. The van der Waals surface area contributed by atoms with Crippen LogP contribution in [0, 0.1) is 0 Å². The number of carboxylic acids is 1. The SMILES string of the molecule is CNc1nc2cc(C(N)=O)ccc2n1CCCCn1c(NC)nc2cc(C(=O)O)ccc21. The van der Waals surface area contributed by atoms with Crippen molar-refractivity contribution < 1.29 is 14.7 Å². The van der Waals surface area contributed by atoms with Crippen LogP contribution in [0.3, 0.4) is 0 Å². The Morgan fingerprint density at radius 2 is 1.34 bits per heavy atom. The van der Waals surface area contributed by atoms with Crippen molar-refractivity contribution in [2.45, 2.75) is 25.9 Å². The maximum Gasteiger partial charge on any atom is 0.335 e. The summed E-state index contributed by atoms with van der Waals surface area (Å²) in [5.74, 6) is -0.0172. The number of anilines is 2. The van der Waals surface area contributed by atoms with Gasteiger partial charge in [-0.05, 0) is 49.2 Å². The van der Waals surface area contributed by atoms with Crippen molar-refractivity contribution in [3.05, 3.63) is 47.5 Å². The van der Waals surface area contributed by atoms with Gasteiger partial charge in [0.2, 0.25) is 17.8 Å². The highest BCUT2D eigenvalue weighted by Gasteiger charge is 2.14. The number of aromatic nitrogens is 4. The summed E-state index contributed by atoms with van der Waals surface area (Å²) in [7, 11) is 3.61. The number of aryl methyl sites for hydroxylation is 2. The van der Waals surface area contributed by atoms with Gasteiger partial charge in [0.05, 0.1) is 27.6 Å². The minimum absolute atomic E-state index is 0.218. The lowest BCUT2D eigenvalue weighted by Crippen LogP contribution is -2.10.